The summed E-state index contributed by atoms with van der Waals surface area (Å²) in [4.78, 5) is 20.6. The van der Waals surface area contributed by atoms with Crippen LogP contribution in [0.4, 0.5) is 0 Å². The smallest absolute Gasteiger partial charge is 0.332 e. The average Bonchev–Trinajstić information content (AvgIpc) is 2.15. The van der Waals surface area contributed by atoms with Gasteiger partial charge in [0.1, 0.15) is 5.60 Å². The number of rotatable bonds is 3. The Morgan fingerprint density at radius 3 is 1.75 bits per heavy atom. The van der Waals surface area contributed by atoms with Gasteiger partial charge in [0.25, 0.3) is 0 Å². The fourth-order valence-electron chi connectivity index (χ4n) is 0.635. The summed E-state index contributed by atoms with van der Waals surface area (Å²) >= 11 is 0. The Kier molecular flexibility index (Phi) is 8.44. The number of carbonyl (C=O) groups excluding carboxylic acids is 2. The third-order valence-corrected chi connectivity index (χ3v) is 1.81. The van der Waals surface area contributed by atoms with E-state index in [1.165, 1.54) is 14.0 Å². The standard InChI is InChI=1S/C7H14O2.C5H8O2/c1-5-7(3,4)9-6(2)8;1-4(2)5(6)7-3/h5H2,1-4H3;1H2,2-3H3. The van der Waals surface area contributed by atoms with Gasteiger partial charge in [-0.05, 0) is 27.2 Å². The van der Waals surface area contributed by atoms with Crippen LogP contribution >= 0.6 is 0 Å². The van der Waals surface area contributed by atoms with Crippen molar-refractivity contribution in [3.8, 4) is 0 Å². The molecule has 0 atom stereocenters. The maximum atomic E-state index is 10.4. The predicted octanol–water partition coefficient (Wildman–Crippen LogP) is 2.47. The maximum Gasteiger partial charge on any atom is 0.332 e. The number of hydrogen-bond acceptors (Lipinski definition) is 4. The van der Waals surface area contributed by atoms with Crippen molar-refractivity contribution in [2.45, 2.75) is 46.6 Å². The summed E-state index contributed by atoms with van der Waals surface area (Å²) in [6, 6.07) is 0. The van der Waals surface area contributed by atoms with Gasteiger partial charge in [0.05, 0.1) is 7.11 Å². The highest BCUT2D eigenvalue weighted by atomic mass is 16.6. The Hall–Kier alpha value is -1.32. The third-order valence-electron chi connectivity index (χ3n) is 1.81. The van der Waals surface area contributed by atoms with Gasteiger partial charge in [0.15, 0.2) is 0 Å². The van der Waals surface area contributed by atoms with Crippen LogP contribution < -0.4 is 0 Å². The van der Waals surface area contributed by atoms with Crippen LogP contribution in [0.15, 0.2) is 12.2 Å². The fraction of sp³-hybridized carbons (Fsp3) is 0.667. The second kappa shape index (κ2) is 7.91. The molecule has 4 heteroatoms. The molecule has 0 aliphatic heterocycles. The molecular weight excluding hydrogens is 208 g/mol. The molecule has 0 amide bonds. The number of methoxy groups -OCH3 is 1. The van der Waals surface area contributed by atoms with Gasteiger partial charge in [0, 0.05) is 12.5 Å². The lowest BCUT2D eigenvalue weighted by Crippen LogP contribution is -2.25. The zero-order valence-electron chi connectivity index (χ0n) is 11.0. The minimum atomic E-state index is -0.347. The second-order valence-electron chi connectivity index (χ2n) is 3.98. The fourth-order valence-corrected chi connectivity index (χ4v) is 0.635. The first-order valence-corrected chi connectivity index (χ1v) is 5.09. The van der Waals surface area contributed by atoms with Crippen molar-refractivity contribution in [2.75, 3.05) is 7.11 Å². The van der Waals surface area contributed by atoms with Gasteiger partial charge in [-0.15, -0.1) is 0 Å². The van der Waals surface area contributed by atoms with Crippen molar-refractivity contribution in [1.29, 1.82) is 0 Å². The number of carbonyl (C=O) groups is 2. The number of hydrogen-bond donors (Lipinski definition) is 0. The summed E-state index contributed by atoms with van der Waals surface area (Å²) in [6.45, 7) is 12.2. The third kappa shape index (κ3) is 10.8. The van der Waals surface area contributed by atoms with E-state index in [9.17, 15) is 9.59 Å². The molecule has 94 valence electrons. The van der Waals surface area contributed by atoms with E-state index in [4.69, 9.17) is 4.74 Å². The minimum absolute atomic E-state index is 0.207. The number of esters is 2. The predicted molar refractivity (Wildman–Crippen MR) is 63.0 cm³/mol. The van der Waals surface area contributed by atoms with Gasteiger partial charge in [-0.3, -0.25) is 4.79 Å². The van der Waals surface area contributed by atoms with Crippen LogP contribution in [0, 0.1) is 0 Å². The van der Waals surface area contributed by atoms with Gasteiger partial charge >= 0.3 is 11.9 Å². The van der Waals surface area contributed by atoms with E-state index in [2.05, 4.69) is 11.3 Å². The largest absolute Gasteiger partial charge is 0.466 e. The summed E-state index contributed by atoms with van der Waals surface area (Å²) in [7, 11) is 1.33. The highest BCUT2D eigenvalue weighted by molar-refractivity contribution is 5.86. The lowest BCUT2D eigenvalue weighted by atomic mass is 10.1. The molecule has 0 unspecified atom stereocenters. The monoisotopic (exact) mass is 230 g/mol. The zero-order chi connectivity index (χ0) is 13.4. The average molecular weight is 230 g/mol. The van der Waals surface area contributed by atoms with Gasteiger partial charge in [-0.2, -0.15) is 0 Å². The van der Waals surface area contributed by atoms with E-state index in [0.717, 1.165) is 6.42 Å². The topological polar surface area (TPSA) is 52.6 Å². The lowest BCUT2D eigenvalue weighted by Gasteiger charge is -2.21. The molecule has 0 aromatic carbocycles. The highest BCUT2D eigenvalue weighted by Gasteiger charge is 2.17. The first kappa shape index (κ1) is 17.1. The van der Waals surface area contributed by atoms with Crippen LogP contribution in [-0.4, -0.2) is 24.6 Å². The first-order valence-electron chi connectivity index (χ1n) is 5.09. The molecule has 0 bridgehead atoms. The Morgan fingerprint density at radius 2 is 1.69 bits per heavy atom. The molecular formula is C12H22O4. The highest BCUT2D eigenvalue weighted by Crippen LogP contribution is 2.12. The molecule has 0 fully saturated rings. The molecule has 0 aliphatic rings. The van der Waals surface area contributed by atoms with Crippen LogP contribution in [0.5, 0.6) is 0 Å². The van der Waals surface area contributed by atoms with Crippen molar-refractivity contribution in [1.82, 2.24) is 0 Å². The Morgan fingerprint density at radius 1 is 1.25 bits per heavy atom. The van der Waals surface area contributed by atoms with Crippen molar-refractivity contribution in [2.24, 2.45) is 0 Å². The summed E-state index contributed by atoms with van der Waals surface area (Å²) in [5.41, 5.74) is 0.147. The second-order valence-corrected chi connectivity index (χ2v) is 3.98. The summed E-state index contributed by atoms with van der Waals surface area (Å²) in [5.74, 6) is -0.554. The molecule has 0 aromatic heterocycles. The molecule has 0 radical (unpaired) electrons. The van der Waals surface area contributed by atoms with E-state index < -0.39 is 0 Å². The van der Waals surface area contributed by atoms with E-state index >= 15 is 0 Å². The first-order chi connectivity index (χ1) is 7.16. The summed E-state index contributed by atoms with van der Waals surface area (Å²) < 4.78 is 9.22. The van der Waals surface area contributed by atoms with Crippen molar-refractivity contribution >= 4 is 11.9 Å². The molecule has 0 aromatic rings. The molecule has 0 heterocycles. The van der Waals surface area contributed by atoms with Gasteiger partial charge in [-0.25, -0.2) is 4.79 Å². The van der Waals surface area contributed by atoms with Gasteiger partial charge in [0.2, 0.25) is 0 Å². The molecule has 4 nitrogen and oxygen atoms in total. The molecule has 0 saturated heterocycles. The molecule has 0 spiro atoms. The quantitative estimate of drug-likeness (QED) is 0.552. The molecule has 0 N–H and O–H groups in total. The van der Waals surface area contributed by atoms with Crippen molar-refractivity contribution < 1.29 is 19.1 Å². The summed E-state index contributed by atoms with van der Waals surface area (Å²) in [5, 5.41) is 0. The molecule has 16 heavy (non-hydrogen) atoms. The Balaban J connectivity index is 0. The van der Waals surface area contributed by atoms with Gasteiger partial charge < -0.3 is 9.47 Å². The van der Waals surface area contributed by atoms with Crippen LogP contribution in [0.3, 0.4) is 0 Å². The maximum absolute atomic E-state index is 10.4. The van der Waals surface area contributed by atoms with Crippen LogP contribution in [0.2, 0.25) is 0 Å². The van der Waals surface area contributed by atoms with E-state index in [-0.39, 0.29) is 17.5 Å². The molecule has 0 aliphatic carbocycles. The van der Waals surface area contributed by atoms with E-state index in [1.807, 2.05) is 20.8 Å². The summed E-state index contributed by atoms with van der Waals surface area (Å²) in [6.07, 6.45) is 0.854. The minimum Gasteiger partial charge on any atom is -0.466 e. The Labute approximate surface area is 97.6 Å². The van der Waals surface area contributed by atoms with Gasteiger partial charge in [-0.1, -0.05) is 13.5 Å². The number of ether oxygens (including phenoxy) is 2. The molecule has 0 rings (SSSR count). The van der Waals surface area contributed by atoms with E-state index in [0.29, 0.717) is 5.57 Å². The Bertz CT molecular complexity index is 254. The zero-order valence-corrected chi connectivity index (χ0v) is 11.0. The lowest BCUT2D eigenvalue weighted by molar-refractivity contribution is -0.153. The van der Waals surface area contributed by atoms with Crippen molar-refractivity contribution in [3.63, 3.8) is 0 Å². The van der Waals surface area contributed by atoms with Crippen molar-refractivity contribution in [3.05, 3.63) is 12.2 Å². The van der Waals surface area contributed by atoms with Crippen LogP contribution in [0.1, 0.15) is 41.0 Å². The molecule has 0 saturated carbocycles. The van der Waals surface area contributed by atoms with Crippen LogP contribution in [0.25, 0.3) is 0 Å². The van der Waals surface area contributed by atoms with E-state index in [1.54, 1.807) is 6.92 Å². The SMILES string of the molecule is C=C(C)C(=O)OC.CCC(C)(C)OC(C)=O. The van der Waals surface area contributed by atoms with Crippen LogP contribution in [-0.2, 0) is 19.1 Å². The normalized spacial score (nSPS) is 9.62.